The van der Waals surface area contributed by atoms with Gasteiger partial charge in [0, 0.05) is 10.8 Å². The van der Waals surface area contributed by atoms with Crippen molar-refractivity contribution in [2.24, 2.45) is 5.92 Å². The van der Waals surface area contributed by atoms with Gasteiger partial charge in [-0.1, -0.05) is 19.1 Å². The van der Waals surface area contributed by atoms with Crippen molar-refractivity contribution in [1.82, 2.24) is 0 Å². The minimum Gasteiger partial charge on any atom is -0.497 e. The number of hydrogen-bond donors (Lipinski definition) is 1. The van der Waals surface area contributed by atoms with Crippen LogP contribution in [0.15, 0.2) is 30.3 Å². The molecule has 0 bridgehead atoms. The quantitative estimate of drug-likeness (QED) is 0.738. The number of hydrogen-bond acceptors (Lipinski definition) is 5. The van der Waals surface area contributed by atoms with E-state index in [1.54, 1.807) is 14.0 Å². The summed E-state index contributed by atoms with van der Waals surface area (Å²) in [6.45, 7) is 4.10. The summed E-state index contributed by atoms with van der Waals surface area (Å²) in [5.74, 6) is 0.533. The number of ether oxygens (including phenoxy) is 2. The van der Waals surface area contributed by atoms with Crippen LogP contribution in [0.4, 0.5) is 5.00 Å². The first-order valence-corrected chi connectivity index (χ1v) is 9.63. The highest BCUT2D eigenvalue weighted by atomic mass is 32.1. The van der Waals surface area contributed by atoms with Crippen molar-refractivity contribution in [2.75, 3.05) is 19.0 Å². The minimum absolute atomic E-state index is 0.0409. The monoisotopic (exact) mass is 373 g/mol. The molecule has 1 fully saturated rings. The molecule has 1 aromatic heterocycles. The maximum atomic E-state index is 12.6. The number of anilines is 1. The van der Waals surface area contributed by atoms with Crippen molar-refractivity contribution >= 4 is 28.2 Å². The third-order valence-corrected chi connectivity index (χ3v) is 5.73. The van der Waals surface area contributed by atoms with E-state index in [1.165, 1.54) is 11.3 Å². The molecule has 1 aliphatic rings. The lowest BCUT2D eigenvalue weighted by atomic mass is 10.1. The van der Waals surface area contributed by atoms with Crippen LogP contribution in [0.1, 0.15) is 47.0 Å². The molecule has 1 aliphatic carbocycles. The molecule has 5 nitrogen and oxygen atoms in total. The van der Waals surface area contributed by atoms with Crippen molar-refractivity contribution in [1.29, 1.82) is 0 Å². The summed E-state index contributed by atoms with van der Waals surface area (Å²) in [6, 6.07) is 9.64. The van der Waals surface area contributed by atoms with E-state index in [1.807, 2.05) is 37.3 Å². The number of esters is 1. The second-order valence-corrected chi connectivity index (χ2v) is 7.38. The highest BCUT2D eigenvalue weighted by Crippen LogP contribution is 2.48. The van der Waals surface area contributed by atoms with Gasteiger partial charge in [0.2, 0.25) is 5.91 Å². The fourth-order valence-corrected chi connectivity index (χ4v) is 3.97. The highest BCUT2D eigenvalue weighted by Gasteiger charge is 2.44. The predicted molar refractivity (Wildman–Crippen MR) is 102 cm³/mol. The summed E-state index contributed by atoms with van der Waals surface area (Å²) >= 11 is 1.44. The van der Waals surface area contributed by atoms with E-state index < -0.39 is 0 Å². The number of methoxy groups -OCH3 is 1. The summed E-state index contributed by atoms with van der Waals surface area (Å²) in [4.78, 5) is 25.8. The lowest BCUT2D eigenvalue weighted by Gasteiger charge is -2.06. The number of carbonyl (C=O) groups excluding carboxylic acids is 2. The zero-order valence-corrected chi connectivity index (χ0v) is 16.0. The first kappa shape index (κ1) is 18.5. The van der Waals surface area contributed by atoms with Crippen LogP contribution in [0, 0.1) is 5.92 Å². The van der Waals surface area contributed by atoms with E-state index in [0.29, 0.717) is 17.2 Å². The first-order valence-electron chi connectivity index (χ1n) is 8.82. The Kier molecular flexibility index (Phi) is 5.61. The van der Waals surface area contributed by atoms with Crippen LogP contribution in [-0.4, -0.2) is 25.6 Å². The average Bonchev–Trinajstić information content (AvgIpc) is 3.36. The Bertz CT molecular complexity index is 797. The van der Waals surface area contributed by atoms with Crippen molar-refractivity contribution in [3.63, 3.8) is 0 Å². The summed E-state index contributed by atoms with van der Waals surface area (Å²) in [7, 11) is 1.63. The van der Waals surface area contributed by atoms with Gasteiger partial charge in [0.15, 0.2) is 0 Å². The fourth-order valence-electron chi connectivity index (χ4n) is 2.98. The van der Waals surface area contributed by atoms with E-state index in [0.717, 1.165) is 29.0 Å². The van der Waals surface area contributed by atoms with Crippen LogP contribution >= 0.6 is 11.3 Å². The second kappa shape index (κ2) is 7.91. The van der Waals surface area contributed by atoms with Gasteiger partial charge in [-0.25, -0.2) is 4.79 Å². The van der Waals surface area contributed by atoms with Gasteiger partial charge < -0.3 is 14.8 Å². The van der Waals surface area contributed by atoms with Crippen LogP contribution in [0.5, 0.6) is 5.75 Å². The first-order chi connectivity index (χ1) is 12.6. The third-order valence-electron chi connectivity index (χ3n) is 4.53. The van der Waals surface area contributed by atoms with Gasteiger partial charge in [-0.05, 0) is 49.4 Å². The molecule has 2 unspecified atom stereocenters. The number of aryl methyl sites for hydroxylation is 1. The standard InChI is InChI=1S/C20H23NO4S/c1-4-14-10-17(20(23)25-5-2)19(26-14)21-18(22)16-11-15(16)12-6-8-13(24-3)9-7-12/h6-10,15-16H,4-5,11H2,1-3H3,(H,21,22). The molecule has 26 heavy (non-hydrogen) atoms. The number of thiophene rings is 1. The van der Waals surface area contributed by atoms with E-state index in [9.17, 15) is 9.59 Å². The number of benzene rings is 1. The molecular formula is C20H23NO4S. The van der Waals surface area contributed by atoms with Crippen LogP contribution in [-0.2, 0) is 16.0 Å². The second-order valence-electron chi connectivity index (χ2n) is 6.24. The molecule has 138 valence electrons. The molecule has 6 heteroatoms. The van der Waals surface area contributed by atoms with Crippen LogP contribution < -0.4 is 10.1 Å². The van der Waals surface area contributed by atoms with Crippen molar-refractivity contribution in [3.05, 3.63) is 46.3 Å². The van der Waals surface area contributed by atoms with Gasteiger partial charge in [-0.3, -0.25) is 4.79 Å². The van der Waals surface area contributed by atoms with Crippen LogP contribution in [0.3, 0.4) is 0 Å². The van der Waals surface area contributed by atoms with Gasteiger partial charge in [0.25, 0.3) is 0 Å². The SMILES string of the molecule is CCOC(=O)c1cc(CC)sc1NC(=O)C1CC1c1ccc(OC)cc1. The minimum atomic E-state index is -0.388. The van der Waals surface area contributed by atoms with E-state index >= 15 is 0 Å². The van der Waals surface area contributed by atoms with Gasteiger partial charge in [-0.15, -0.1) is 11.3 Å². The molecular weight excluding hydrogens is 350 g/mol. The number of carbonyl (C=O) groups is 2. The van der Waals surface area contributed by atoms with Gasteiger partial charge in [0.05, 0.1) is 19.3 Å². The normalized spacial score (nSPS) is 18.3. The van der Waals surface area contributed by atoms with Gasteiger partial charge >= 0.3 is 5.97 Å². The Morgan fingerprint density at radius 1 is 1.23 bits per heavy atom. The third kappa shape index (κ3) is 3.90. The summed E-state index contributed by atoms with van der Waals surface area (Å²) < 4.78 is 10.3. The van der Waals surface area contributed by atoms with E-state index in [2.05, 4.69) is 5.32 Å². The Balaban J connectivity index is 1.68. The largest absolute Gasteiger partial charge is 0.497 e. The zero-order valence-electron chi connectivity index (χ0n) is 15.2. The summed E-state index contributed by atoms with van der Waals surface area (Å²) in [5.41, 5.74) is 1.58. The fraction of sp³-hybridized carbons (Fsp3) is 0.400. The summed E-state index contributed by atoms with van der Waals surface area (Å²) in [5, 5.41) is 3.53. The molecule has 0 radical (unpaired) electrons. The molecule has 1 aromatic carbocycles. The molecule has 1 heterocycles. The van der Waals surface area contributed by atoms with E-state index in [-0.39, 0.29) is 23.7 Å². The maximum Gasteiger partial charge on any atom is 0.341 e. The zero-order chi connectivity index (χ0) is 18.7. The lowest BCUT2D eigenvalue weighted by Crippen LogP contribution is -2.16. The van der Waals surface area contributed by atoms with E-state index in [4.69, 9.17) is 9.47 Å². The number of amides is 1. The molecule has 0 aliphatic heterocycles. The smallest absolute Gasteiger partial charge is 0.341 e. The average molecular weight is 373 g/mol. The predicted octanol–water partition coefficient (Wildman–Crippen LogP) is 4.24. The number of rotatable bonds is 7. The Hall–Kier alpha value is -2.34. The molecule has 2 aromatic rings. The Morgan fingerprint density at radius 3 is 2.58 bits per heavy atom. The van der Waals surface area contributed by atoms with Crippen molar-refractivity contribution < 1.29 is 19.1 Å². The Labute approximate surface area is 157 Å². The molecule has 3 rings (SSSR count). The molecule has 0 saturated heterocycles. The molecule has 1 N–H and O–H groups in total. The van der Waals surface area contributed by atoms with Crippen LogP contribution in [0.25, 0.3) is 0 Å². The Morgan fingerprint density at radius 2 is 1.96 bits per heavy atom. The molecule has 1 amide bonds. The molecule has 2 atom stereocenters. The topological polar surface area (TPSA) is 64.6 Å². The summed E-state index contributed by atoms with van der Waals surface area (Å²) in [6.07, 6.45) is 1.63. The highest BCUT2D eigenvalue weighted by molar-refractivity contribution is 7.16. The van der Waals surface area contributed by atoms with Crippen molar-refractivity contribution in [2.45, 2.75) is 32.6 Å². The molecule has 1 saturated carbocycles. The lowest BCUT2D eigenvalue weighted by molar-refractivity contribution is -0.117. The maximum absolute atomic E-state index is 12.6. The van der Waals surface area contributed by atoms with Crippen LogP contribution in [0.2, 0.25) is 0 Å². The van der Waals surface area contributed by atoms with Gasteiger partial charge in [-0.2, -0.15) is 0 Å². The van der Waals surface area contributed by atoms with Crippen molar-refractivity contribution in [3.8, 4) is 5.75 Å². The van der Waals surface area contributed by atoms with Gasteiger partial charge in [0.1, 0.15) is 10.8 Å². The molecule has 0 spiro atoms. The number of nitrogens with one attached hydrogen (secondary N) is 1.